The summed E-state index contributed by atoms with van der Waals surface area (Å²) in [6.45, 7) is 2.24. The maximum absolute atomic E-state index is 11.6. The molecular weight excluding hydrogens is 310 g/mol. The number of hydrogen-bond donors (Lipinski definition) is 1. The fraction of sp³-hybridized carbons (Fsp3) is 0.222. The molecule has 0 spiro atoms. The van der Waals surface area contributed by atoms with Gasteiger partial charge in [0, 0.05) is 17.5 Å². The van der Waals surface area contributed by atoms with Crippen molar-refractivity contribution in [2.45, 2.75) is 13.3 Å². The first kappa shape index (κ1) is 17.0. The Hall–Kier alpha value is -2.40. The van der Waals surface area contributed by atoms with Gasteiger partial charge in [0.05, 0.1) is 0 Å². The van der Waals surface area contributed by atoms with Gasteiger partial charge in [0.1, 0.15) is 0 Å². The van der Waals surface area contributed by atoms with E-state index in [9.17, 15) is 9.59 Å². The highest BCUT2D eigenvalue weighted by Gasteiger charge is 2.05. The number of hydrogen-bond acceptors (Lipinski definition) is 4. The summed E-state index contributed by atoms with van der Waals surface area (Å²) in [7, 11) is 0. The van der Waals surface area contributed by atoms with Gasteiger partial charge in [0.25, 0.3) is 5.91 Å². The lowest BCUT2D eigenvalue weighted by atomic mass is 10.1. The zero-order valence-corrected chi connectivity index (χ0v) is 13.8. The predicted octanol–water partition coefficient (Wildman–Crippen LogP) is 2.97. The molecule has 0 radical (unpaired) electrons. The van der Waals surface area contributed by atoms with Crippen LogP contribution in [0.1, 0.15) is 16.0 Å². The number of aryl methyl sites for hydroxylation is 1. The Bertz CT molecular complexity index is 677. The second-order valence-corrected chi connectivity index (χ2v) is 6.01. The molecule has 0 aliphatic rings. The fourth-order valence-electron chi connectivity index (χ4n) is 1.95. The highest BCUT2D eigenvalue weighted by molar-refractivity contribution is 7.09. The second-order valence-electron chi connectivity index (χ2n) is 4.98. The van der Waals surface area contributed by atoms with Crippen LogP contribution in [0.15, 0.2) is 47.9 Å². The molecule has 2 rings (SSSR count). The molecule has 0 unspecified atom stereocenters. The van der Waals surface area contributed by atoms with Crippen LogP contribution in [-0.4, -0.2) is 25.0 Å². The van der Waals surface area contributed by atoms with Crippen LogP contribution in [-0.2, 0) is 20.7 Å². The Morgan fingerprint density at radius 1 is 1.22 bits per heavy atom. The van der Waals surface area contributed by atoms with E-state index in [4.69, 9.17) is 4.74 Å². The molecule has 0 aliphatic heterocycles. The highest BCUT2D eigenvalue weighted by atomic mass is 32.1. The molecule has 0 fully saturated rings. The van der Waals surface area contributed by atoms with E-state index in [-0.39, 0.29) is 12.5 Å². The fourth-order valence-corrected chi connectivity index (χ4v) is 2.66. The molecule has 0 aliphatic carbocycles. The van der Waals surface area contributed by atoms with Crippen molar-refractivity contribution >= 4 is 29.3 Å². The van der Waals surface area contributed by atoms with E-state index in [1.54, 1.807) is 17.4 Å². The van der Waals surface area contributed by atoms with Crippen LogP contribution in [0.5, 0.6) is 0 Å². The molecule has 1 amide bonds. The maximum Gasteiger partial charge on any atom is 0.331 e. The molecule has 4 nitrogen and oxygen atoms in total. The number of rotatable bonds is 7. The van der Waals surface area contributed by atoms with Crippen molar-refractivity contribution in [2.24, 2.45) is 0 Å². The number of carbonyl (C=O) groups excluding carboxylic acids is 2. The van der Waals surface area contributed by atoms with Crippen molar-refractivity contribution in [1.82, 2.24) is 5.32 Å². The van der Waals surface area contributed by atoms with Crippen molar-refractivity contribution in [3.8, 4) is 0 Å². The van der Waals surface area contributed by atoms with E-state index in [0.717, 1.165) is 17.5 Å². The molecule has 0 saturated carbocycles. The molecule has 1 aromatic heterocycles. The summed E-state index contributed by atoms with van der Waals surface area (Å²) < 4.78 is 4.92. The van der Waals surface area contributed by atoms with Crippen molar-refractivity contribution in [3.05, 3.63) is 63.9 Å². The first-order valence-corrected chi connectivity index (χ1v) is 8.22. The van der Waals surface area contributed by atoms with E-state index in [1.165, 1.54) is 11.0 Å². The van der Waals surface area contributed by atoms with Crippen LogP contribution in [0.2, 0.25) is 0 Å². The zero-order valence-electron chi connectivity index (χ0n) is 13.0. The monoisotopic (exact) mass is 329 g/mol. The van der Waals surface area contributed by atoms with E-state index in [1.807, 2.05) is 48.7 Å². The van der Waals surface area contributed by atoms with Crippen molar-refractivity contribution < 1.29 is 14.3 Å². The van der Waals surface area contributed by atoms with Crippen molar-refractivity contribution in [2.75, 3.05) is 13.2 Å². The largest absolute Gasteiger partial charge is 0.452 e. The SMILES string of the molecule is Cc1ccccc1/C=C/C(=O)OCC(=O)NCCc1cccs1. The van der Waals surface area contributed by atoms with Gasteiger partial charge in [-0.1, -0.05) is 30.3 Å². The third-order valence-corrected chi connectivity index (χ3v) is 4.14. The number of amides is 1. The quantitative estimate of drug-likeness (QED) is 0.627. The Labute approximate surface area is 139 Å². The van der Waals surface area contributed by atoms with Crippen LogP contribution < -0.4 is 5.32 Å². The Morgan fingerprint density at radius 3 is 2.78 bits per heavy atom. The highest BCUT2D eigenvalue weighted by Crippen LogP contribution is 2.09. The number of benzene rings is 1. The third-order valence-electron chi connectivity index (χ3n) is 3.21. The summed E-state index contributed by atoms with van der Waals surface area (Å²) >= 11 is 1.65. The lowest BCUT2D eigenvalue weighted by Gasteiger charge is -2.04. The smallest absolute Gasteiger partial charge is 0.331 e. The summed E-state index contributed by atoms with van der Waals surface area (Å²) in [5, 5.41) is 4.73. The summed E-state index contributed by atoms with van der Waals surface area (Å²) in [5.41, 5.74) is 2.02. The summed E-state index contributed by atoms with van der Waals surface area (Å²) in [6.07, 6.45) is 3.80. The minimum absolute atomic E-state index is 0.263. The Balaban J connectivity index is 1.67. The molecule has 23 heavy (non-hydrogen) atoms. The van der Waals surface area contributed by atoms with E-state index >= 15 is 0 Å². The van der Waals surface area contributed by atoms with Gasteiger partial charge in [-0.2, -0.15) is 0 Å². The minimum Gasteiger partial charge on any atom is -0.452 e. The van der Waals surface area contributed by atoms with Gasteiger partial charge in [-0.25, -0.2) is 4.79 Å². The molecule has 2 aromatic rings. The molecule has 0 bridgehead atoms. The first-order valence-electron chi connectivity index (χ1n) is 7.34. The van der Waals surface area contributed by atoms with E-state index in [2.05, 4.69) is 5.32 Å². The molecule has 0 saturated heterocycles. The molecule has 1 N–H and O–H groups in total. The first-order chi connectivity index (χ1) is 11.1. The molecule has 1 aromatic carbocycles. The van der Waals surface area contributed by atoms with Gasteiger partial charge in [0.15, 0.2) is 6.61 Å². The van der Waals surface area contributed by atoms with Crippen LogP contribution in [0.4, 0.5) is 0 Å². The molecule has 5 heteroatoms. The number of nitrogens with one attached hydrogen (secondary N) is 1. The molecular formula is C18H19NO3S. The van der Waals surface area contributed by atoms with Gasteiger partial charge in [-0.3, -0.25) is 4.79 Å². The average Bonchev–Trinajstić information content (AvgIpc) is 3.05. The number of esters is 1. The Kier molecular flexibility index (Phi) is 6.56. The van der Waals surface area contributed by atoms with Gasteiger partial charge < -0.3 is 10.1 Å². The lowest BCUT2D eigenvalue weighted by Crippen LogP contribution is -2.30. The summed E-state index contributed by atoms with van der Waals surface area (Å²) in [4.78, 5) is 24.4. The third kappa shape index (κ3) is 6.08. The molecule has 1 heterocycles. The maximum atomic E-state index is 11.6. The standard InChI is InChI=1S/C18H19NO3S/c1-14-5-2-3-6-15(14)8-9-18(21)22-13-17(20)19-11-10-16-7-4-12-23-16/h2-9,12H,10-11,13H2,1H3,(H,19,20)/b9-8+. The Morgan fingerprint density at radius 2 is 2.04 bits per heavy atom. The topological polar surface area (TPSA) is 55.4 Å². The van der Waals surface area contributed by atoms with E-state index in [0.29, 0.717) is 6.54 Å². The zero-order chi connectivity index (χ0) is 16.5. The number of ether oxygens (including phenoxy) is 1. The summed E-state index contributed by atoms with van der Waals surface area (Å²) in [5.74, 6) is -0.819. The molecule has 0 atom stereocenters. The second kappa shape index (κ2) is 8.90. The van der Waals surface area contributed by atoms with Crippen LogP contribution >= 0.6 is 11.3 Å². The van der Waals surface area contributed by atoms with Gasteiger partial charge >= 0.3 is 5.97 Å². The minimum atomic E-state index is -0.526. The number of carbonyl (C=O) groups is 2. The van der Waals surface area contributed by atoms with Crippen LogP contribution in [0, 0.1) is 6.92 Å². The normalized spacial score (nSPS) is 10.7. The summed E-state index contributed by atoms with van der Waals surface area (Å²) in [6, 6.07) is 11.7. The molecule has 120 valence electrons. The lowest BCUT2D eigenvalue weighted by molar-refractivity contribution is -0.143. The number of thiophene rings is 1. The van der Waals surface area contributed by atoms with E-state index < -0.39 is 5.97 Å². The van der Waals surface area contributed by atoms with Gasteiger partial charge in [0.2, 0.25) is 0 Å². The van der Waals surface area contributed by atoms with Crippen molar-refractivity contribution in [1.29, 1.82) is 0 Å². The van der Waals surface area contributed by atoms with Crippen LogP contribution in [0.3, 0.4) is 0 Å². The van der Waals surface area contributed by atoms with Crippen molar-refractivity contribution in [3.63, 3.8) is 0 Å². The van der Waals surface area contributed by atoms with Gasteiger partial charge in [-0.15, -0.1) is 11.3 Å². The van der Waals surface area contributed by atoms with Gasteiger partial charge in [-0.05, 0) is 42.0 Å². The predicted molar refractivity (Wildman–Crippen MR) is 92.2 cm³/mol. The average molecular weight is 329 g/mol. The van der Waals surface area contributed by atoms with Crippen LogP contribution in [0.25, 0.3) is 6.08 Å².